The van der Waals surface area contributed by atoms with Gasteiger partial charge in [-0.25, -0.2) is 14.0 Å². The van der Waals surface area contributed by atoms with Crippen LogP contribution in [0.3, 0.4) is 0 Å². The molecule has 1 heterocycles. The third-order valence-electron chi connectivity index (χ3n) is 3.59. The Morgan fingerprint density at radius 3 is 2.45 bits per heavy atom. The van der Waals surface area contributed by atoms with E-state index >= 15 is 0 Å². The summed E-state index contributed by atoms with van der Waals surface area (Å²) in [7, 11) is 0. The van der Waals surface area contributed by atoms with Crippen molar-refractivity contribution in [3.63, 3.8) is 0 Å². The van der Waals surface area contributed by atoms with Crippen LogP contribution in [0.4, 0.5) is 14.9 Å². The van der Waals surface area contributed by atoms with Crippen LogP contribution in [0.5, 0.6) is 17.2 Å². The van der Waals surface area contributed by atoms with E-state index in [1.807, 2.05) is 5.32 Å². The first-order valence-electron chi connectivity index (χ1n) is 8.54. The average molecular weight is 404 g/mol. The van der Waals surface area contributed by atoms with Gasteiger partial charge < -0.3 is 24.3 Å². The standard InChI is InChI=1S/C19H17FN2O7/c20-12-1-4-14(5-2-12)28-11-18(24)29-10-17(23)22-19(25)21-13-3-6-15-16(9-13)27-8-7-26-15/h1-6,9H,7-8,10-11H2,(H2,21,22,23,25). The van der Waals surface area contributed by atoms with Gasteiger partial charge in [0.05, 0.1) is 0 Å². The van der Waals surface area contributed by atoms with Crippen LogP contribution in [-0.2, 0) is 14.3 Å². The van der Waals surface area contributed by atoms with Crippen LogP contribution in [0.25, 0.3) is 0 Å². The highest BCUT2D eigenvalue weighted by atomic mass is 19.1. The van der Waals surface area contributed by atoms with Crippen LogP contribution in [0, 0.1) is 5.82 Å². The summed E-state index contributed by atoms with van der Waals surface area (Å²) < 4.78 is 33.3. The molecule has 0 fully saturated rings. The molecule has 2 N–H and O–H groups in total. The van der Waals surface area contributed by atoms with E-state index in [2.05, 4.69) is 5.32 Å². The SMILES string of the molecule is O=C(COC(=O)COc1ccc(F)cc1)NC(=O)Nc1ccc2c(c1)OCCO2. The molecule has 0 aliphatic carbocycles. The number of benzene rings is 2. The fourth-order valence-electron chi connectivity index (χ4n) is 2.31. The first kappa shape index (κ1) is 19.9. The molecule has 10 heteroatoms. The number of hydrogen-bond donors (Lipinski definition) is 2. The molecule has 9 nitrogen and oxygen atoms in total. The molecule has 0 aromatic heterocycles. The lowest BCUT2D eigenvalue weighted by atomic mass is 10.2. The van der Waals surface area contributed by atoms with Gasteiger partial charge in [0, 0.05) is 11.8 Å². The summed E-state index contributed by atoms with van der Waals surface area (Å²) >= 11 is 0. The van der Waals surface area contributed by atoms with E-state index in [0.29, 0.717) is 30.4 Å². The highest BCUT2D eigenvalue weighted by Crippen LogP contribution is 2.32. The van der Waals surface area contributed by atoms with Crippen LogP contribution in [0.2, 0.25) is 0 Å². The van der Waals surface area contributed by atoms with Crippen molar-refractivity contribution in [3.05, 3.63) is 48.3 Å². The molecular weight excluding hydrogens is 387 g/mol. The fraction of sp³-hybridized carbons (Fsp3) is 0.211. The summed E-state index contributed by atoms with van der Waals surface area (Å²) in [6.07, 6.45) is 0. The van der Waals surface area contributed by atoms with Crippen LogP contribution in [0.15, 0.2) is 42.5 Å². The summed E-state index contributed by atoms with van der Waals surface area (Å²) in [5.74, 6) is -0.770. The predicted molar refractivity (Wildman–Crippen MR) is 97.4 cm³/mol. The molecule has 3 amide bonds. The molecular formula is C19H17FN2O7. The minimum Gasteiger partial charge on any atom is -0.486 e. The Labute approximate surface area is 164 Å². The number of amides is 3. The van der Waals surface area contributed by atoms with E-state index in [1.165, 1.54) is 24.3 Å². The second-order valence-electron chi connectivity index (χ2n) is 5.76. The zero-order chi connectivity index (χ0) is 20.6. The summed E-state index contributed by atoms with van der Waals surface area (Å²) in [5.41, 5.74) is 0.393. The number of nitrogens with one attached hydrogen (secondary N) is 2. The van der Waals surface area contributed by atoms with Gasteiger partial charge in [-0.1, -0.05) is 0 Å². The molecule has 2 aromatic carbocycles. The monoisotopic (exact) mass is 404 g/mol. The number of carbonyl (C=O) groups is 3. The Hall–Kier alpha value is -3.82. The minimum absolute atomic E-state index is 0.270. The van der Waals surface area contributed by atoms with E-state index in [9.17, 15) is 18.8 Å². The molecule has 0 spiro atoms. The Morgan fingerprint density at radius 1 is 0.966 bits per heavy atom. The van der Waals surface area contributed by atoms with Crippen molar-refractivity contribution in [3.8, 4) is 17.2 Å². The van der Waals surface area contributed by atoms with Gasteiger partial charge in [-0.3, -0.25) is 10.1 Å². The highest BCUT2D eigenvalue weighted by molar-refractivity contribution is 6.02. The maximum atomic E-state index is 12.8. The van der Waals surface area contributed by atoms with E-state index in [0.717, 1.165) is 0 Å². The number of hydrogen-bond acceptors (Lipinski definition) is 7. The number of anilines is 1. The first-order valence-corrected chi connectivity index (χ1v) is 8.54. The molecule has 0 unspecified atom stereocenters. The highest BCUT2D eigenvalue weighted by Gasteiger charge is 2.15. The molecule has 0 atom stereocenters. The van der Waals surface area contributed by atoms with Gasteiger partial charge in [0.1, 0.15) is 24.8 Å². The number of imide groups is 1. The maximum Gasteiger partial charge on any atom is 0.344 e. The van der Waals surface area contributed by atoms with Gasteiger partial charge in [-0.05, 0) is 36.4 Å². The third kappa shape index (κ3) is 6.09. The lowest BCUT2D eigenvalue weighted by molar-refractivity contribution is -0.150. The number of ether oxygens (including phenoxy) is 4. The van der Waals surface area contributed by atoms with Crippen LogP contribution >= 0.6 is 0 Å². The van der Waals surface area contributed by atoms with E-state index in [4.69, 9.17) is 18.9 Å². The second-order valence-corrected chi connectivity index (χ2v) is 5.76. The molecule has 0 saturated carbocycles. The quantitative estimate of drug-likeness (QED) is 0.707. The smallest absolute Gasteiger partial charge is 0.344 e. The third-order valence-corrected chi connectivity index (χ3v) is 3.59. The summed E-state index contributed by atoms with van der Waals surface area (Å²) in [6.45, 7) is -0.289. The summed E-state index contributed by atoms with van der Waals surface area (Å²) in [5, 5.41) is 4.48. The van der Waals surface area contributed by atoms with Gasteiger partial charge in [-0.2, -0.15) is 0 Å². The van der Waals surface area contributed by atoms with E-state index in [1.54, 1.807) is 18.2 Å². The van der Waals surface area contributed by atoms with E-state index in [-0.39, 0.29) is 5.75 Å². The number of fused-ring (bicyclic) bond motifs is 1. The largest absolute Gasteiger partial charge is 0.486 e. The number of carbonyl (C=O) groups excluding carboxylic acids is 3. The van der Waals surface area contributed by atoms with Crippen molar-refractivity contribution < 1.29 is 37.7 Å². The second kappa shape index (κ2) is 9.40. The molecule has 152 valence electrons. The summed E-state index contributed by atoms with van der Waals surface area (Å²) in [6, 6.07) is 9.02. The Balaban J connectivity index is 1.38. The van der Waals surface area contributed by atoms with Gasteiger partial charge in [0.25, 0.3) is 5.91 Å². The van der Waals surface area contributed by atoms with Crippen LogP contribution in [-0.4, -0.2) is 44.3 Å². The normalized spacial score (nSPS) is 11.9. The molecule has 0 saturated heterocycles. The molecule has 0 radical (unpaired) electrons. The average Bonchev–Trinajstić information content (AvgIpc) is 2.71. The molecule has 29 heavy (non-hydrogen) atoms. The molecule has 3 rings (SSSR count). The van der Waals surface area contributed by atoms with Crippen molar-refractivity contribution in [2.75, 3.05) is 31.7 Å². The number of urea groups is 1. The summed E-state index contributed by atoms with van der Waals surface area (Å²) in [4.78, 5) is 35.2. The predicted octanol–water partition coefficient (Wildman–Crippen LogP) is 1.87. The van der Waals surface area contributed by atoms with Crippen LogP contribution < -0.4 is 24.8 Å². The molecule has 2 aromatic rings. The zero-order valence-corrected chi connectivity index (χ0v) is 15.1. The lowest BCUT2D eigenvalue weighted by Gasteiger charge is -2.19. The Morgan fingerprint density at radius 2 is 1.69 bits per heavy atom. The van der Waals surface area contributed by atoms with Gasteiger partial charge in [0.15, 0.2) is 24.7 Å². The van der Waals surface area contributed by atoms with Gasteiger partial charge >= 0.3 is 12.0 Å². The van der Waals surface area contributed by atoms with Crippen molar-refractivity contribution in [1.82, 2.24) is 5.32 Å². The fourth-order valence-corrected chi connectivity index (χ4v) is 2.31. The number of halogens is 1. The van der Waals surface area contributed by atoms with Crippen molar-refractivity contribution in [2.45, 2.75) is 0 Å². The Kier molecular flexibility index (Phi) is 6.46. The van der Waals surface area contributed by atoms with Crippen LogP contribution in [0.1, 0.15) is 0 Å². The number of esters is 1. The molecule has 0 bridgehead atoms. The van der Waals surface area contributed by atoms with Crippen molar-refractivity contribution >= 4 is 23.6 Å². The van der Waals surface area contributed by atoms with Gasteiger partial charge in [-0.15, -0.1) is 0 Å². The molecule has 1 aliphatic rings. The maximum absolute atomic E-state index is 12.8. The zero-order valence-electron chi connectivity index (χ0n) is 15.1. The van der Waals surface area contributed by atoms with E-state index < -0.39 is 36.9 Å². The van der Waals surface area contributed by atoms with Crippen molar-refractivity contribution in [1.29, 1.82) is 0 Å². The number of rotatable bonds is 6. The Bertz CT molecular complexity index is 902. The lowest BCUT2D eigenvalue weighted by Crippen LogP contribution is -2.37. The van der Waals surface area contributed by atoms with Gasteiger partial charge in [0.2, 0.25) is 0 Å². The molecule has 1 aliphatic heterocycles. The van der Waals surface area contributed by atoms with Crippen molar-refractivity contribution in [2.24, 2.45) is 0 Å². The topological polar surface area (TPSA) is 112 Å². The first-order chi connectivity index (χ1) is 14.0. The minimum atomic E-state index is -0.824.